The van der Waals surface area contributed by atoms with Crippen LogP contribution in [0.5, 0.6) is 0 Å². The lowest BCUT2D eigenvalue weighted by Gasteiger charge is -2.30. The minimum atomic E-state index is -0.173. The van der Waals surface area contributed by atoms with Crippen molar-refractivity contribution >= 4 is 0 Å². The molecule has 1 aliphatic rings. The standard InChI is InChI=1S/C16H24FNO/c1-5-18-16(13-7-6-8-14(17)9-13)15-10(2)11(3)19-12(15)4/h6-12,15-16,18H,5H2,1-4H3. The van der Waals surface area contributed by atoms with Crippen LogP contribution in [0.4, 0.5) is 4.39 Å². The van der Waals surface area contributed by atoms with Gasteiger partial charge in [-0.1, -0.05) is 26.0 Å². The Bertz CT molecular complexity index is 423. The Hall–Kier alpha value is -0.930. The first kappa shape index (κ1) is 14.5. The molecular formula is C16H24FNO. The minimum Gasteiger partial charge on any atom is -0.375 e. The first-order valence-corrected chi connectivity index (χ1v) is 7.19. The lowest BCUT2D eigenvalue weighted by atomic mass is 9.80. The van der Waals surface area contributed by atoms with E-state index in [-0.39, 0.29) is 24.1 Å². The fourth-order valence-electron chi connectivity index (χ4n) is 3.26. The second kappa shape index (κ2) is 6.02. The highest BCUT2D eigenvalue weighted by atomic mass is 19.1. The van der Waals surface area contributed by atoms with Gasteiger partial charge in [-0.15, -0.1) is 0 Å². The van der Waals surface area contributed by atoms with Crippen molar-refractivity contribution in [1.82, 2.24) is 5.32 Å². The van der Waals surface area contributed by atoms with Gasteiger partial charge in [0.2, 0.25) is 0 Å². The molecule has 0 saturated carbocycles. The SMILES string of the molecule is CCNC(c1cccc(F)c1)C1C(C)OC(C)C1C. The van der Waals surface area contributed by atoms with Crippen LogP contribution in [0.15, 0.2) is 24.3 Å². The van der Waals surface area contributed by atoms with Gasteiger partial charge in [-0.3, -0.25) is 0 Å². The highest BCUT2D eigenvalue weighted by molar-refractivity contribution is 5.22. The van der Waals surface area contributed by atoms with Gasteiger partial charge >= 0.3 is 0 Å². The van der Waals surface area contributed by atoms with Crippen LogP contribution in [0.2, 0.25) is 0 Å². The molecule has 1 aromatic rings. The van der Waals surface area contributed by atoms with Gasteiger partial charge in [0.1, 0.15) is 5.82 Å². The summed E-state index contributed by atoms with van der Waals surface area (Å²) in [6.07, 6.45) is 0.451. The normalized spacial score (nSPS) is 32.5. The highest BCUT2D eigenvalue weighted by Gasteiger charge is 2.41. The van der Waals surface area contributed by atoms with Crippen LogP contribution >= 0.6 is 0 Å². The lowest BCUT2D eigenvalue weighted by molar-refractivity contribution is 0.0475. The van der Waals surface area contributed by atoms with Crippen molar-refractivity contribution in [1.29, 1.82) is 0 Å². The molecule has 0 spiro atoms. The fraction of sp³-hybridized carbons (Fsp3) is 0.625. The summed E-state index contributed by atoms with van der Waals surface area (Å²) < 4.78 is 19.4. The molecule has 5 atom stereocenters. The van der Waals surface area contributed by atoms with E-state index in [2.05, 4.69) is 33.0 Å². The van der Waals surface area contributed by atoms with Crippen molar-refractivity contribution in [3.63, 3.8) is 0 Å². The van der Waals surface area contributed by atoms with Crippen molar-refractivity contribution in [3.8, 4) is 0 Å². The monoisotopic (exact) mass is 265 g/mol. The highest BCUT2D eigenvalue weighted by Crippen LogP contribution is 2.40. The largest absolute Gasteiger partial charge is 0.375 e. The molecule has 1 heterocycles. The van der Waals surface area contributed by atoms with Crippen molar-refractivity contribution in [2.75, 3.05) is 6.54 Å². The molecule has 0 amide bonds. The van der Waals surface area contributed by atoms with E-state index in [1.54, 1.807) is 12.1 Å². The summed E-state index contributed by atoms with van der Waals surface area (Å²) in [5.74, 6) is 0.659. The molecule has 0 aromatic heterocycles. The summed E-state index contributed by atoms with van der Waals surface area (Å²) in [6, 6.07) is 7.06. The molecule has 19 heavy (non-hydrogen) atoms. The summed E-state index contributed by atoms with van der Waals surface area (Å²) in [5.41, 5.74) is 1.02. The predicted octanol–water partition coefficient (Wildman–Crippen LogP) is 3.54. The van der Waals surface area contributed by atoms with E-state index in [0.29, 0.717) is 11.8 Å². The summed E-state index contributed by atoms with van der Waals surface area (Å²) >= 11 is 0. The molecule has 2 rings (SSSR count). The Balaban J connectivity index is 2.30. The van der Waals surface area contributed by atoms with E-state index < -0.39 is 0 Å². The average molecular weight is 265 g/mol. The summed E-state index contributed by atoms with van der Waals surface area (Å²) in [7, 11) is 0. The molecule has 3 heteroatoms. The smallest absolute Gasteiger partial charge is 0.123 e. The maximum Gasteiger partial charge on any atom is 0.123 e. The Labute approximate surface area is 115 Å². The molecule has 106 valence electrons. The molecule has 1 N–H and O–H groups in total. The molecule has 0 radical (unpaired) electrons. The molecular weight excluding hydrogens is 241 g/mol. The Morgan fingerprint density at radius 1 is 1.26 bits per heavy atom. The third-order valence-corrected chi connectivity index (χ3v) is 4.34. The van der Waals surface area contributed by atoms with Crippen molar-refractivity contribution in [3.05, 3.63) is 35.6 Å². The number of benzene rings is 1. The van der Waals surface area contributed by atoms with Gasteiger partial charge in [0, 0.05) is 12.0 Å². The zero-order valence-electron chi connectivity index (χ0n) is 12.2. The Morgan fingerprint density at radius 2 is 2.00 bits per heavy atom. The van der Waals surface area contributed by atoms with E-state index in [0.717, 1.165) is 12.1 Å². The molecule has 1 saturated heterocycles. The molecule has 0 bridgehead atoms. The van der Waals surface area contributed by atoms with Gasteiger partial charge in [0.05, 0.1) is 12.2 Å². The average Bonchev–Trinajstić information content (AvgIpc) is 2.61. The maximum atomic E-state index is 13.5. The van der Waals surface area contributed by atoms with Crippen molar-refractivity contribution < 1.29 is 9.13 Å². The zero-order chi connectivity index (χ0) is 14.0. The number of ether oxygens (including phenoxy) is 1. The molecule has 2 nitrogen and oxygen atoms in total. The Morgan fingerprint density at radius 3 is 2.53 bits per heavy atom. The minimum absolute atomic E-state index is 0.149. The quantitative estimate of drug-likeness (QED) is 0.899. The van der Waals surface area contributed by atoms with E-state index in [4.69, 9.17) is 4.74 Å². The Kier molecular flexibility index (Phi) is 4.58. The van der Waals surface area contributed by atoms with Gasteiger partial charge in [0.25, 0.3) is 0 Å². The molecule has 1 aliphatic heterocycles. The van der Waals surface area contributed by atoms with E-state index >= 15 is 0 Å². The number of rotatable bonds is 4. The summed E-state index contributed by atoms with van der Waals surface area (Å²) in [6.45, 7) is 9.42. The second-order valence-electron chi connectivity index (χ2n) is 5.57. The predicted molar refractivity (Wildman–Crippen MR) is 75.5 cm³/mol. The van der Waals surface area contributed by atoms with Crippen LogP contribution in [0.1, 0.15) is 39.3 Å². The summed E-state index contributed by atoms with van der Waals surface area (Å²) in [4.78, 5) is 0. The number of hydrogen-bond acceptors (Lipinski definition) is 2. The van der Waals surface area contributed by atoms with Gasteiger partial charge in [0.15, 0.2) is 0 Å². The molecule has 5 unspecified atom stereocenters. The first-order chi connectivity index (χ1) is 9.04. The van der Waals surface area contributed by atoms with E-state index in [9.17, 15) is 4.39 Å². The van der Waals surface area contributed by atoms with Crippen LogP contribution in [-0.2, 0) is 4.74 Å². The topological polar surface area (TPSA) is 21.3 Å². The van der Waals surface area contributed by atoms with Gasteiger partial charge in [-0.2, -0.15) is 0 Å². The molecule has 1 fully saturated rings. The number of hydrogen-bond donors (Lipinski definition) is 1. The number of nitrogens with one attached hydrogen (secondary N) is 1. The molecule has 1 aromatic carbocycles. The van der Waals surface area contributed by atoms with Crippen LogP contribution in [0, 0.1) is 17.7 Å². The summed E-state index contributed by atoms with van der Waals surface area (Å²) in [5, 5.41) is 3.50. The van der Waals surface area contributed by atoms with Crippen molar-refractivity contribution in [2.45, 2.75) is 45.9 Å². The third-order valence-electron chi connectivity index (χ3n) is 4.34. The first-order valence-electron chi connectivity index (χ1n) is 7.19. The maximum absolute atomic E-state index is 13.5. The molecule has 0 aliphatic carbocycles. The van der Waals surface area contributed by atoms with Crippen LogP contribution in [-0.4, -0.2) is 18.8 Å². The second-order valence-corrected chi connectivity index (χ2v) is 5.57. The van der Waals surface area contributed by atoms with Crippen LogP contribution in [0.25, 0.3) is 0 Å². The third kappa shape index (κ3) is 2.98. The lowest BCUT2D eigenvalue weighted by Crippen LogP contribution is -2.35. The van der Waals surface area contributed by atoms with Gasteiger partial charge in [-0.05, 0) is 44.0 Å². The van der Waals surface area contributed by atoms with Gasteiger partial charge < -0.3 is 10.1 Å². The van der Waals surface area contributed by atoms with Crippen LogP contribution in [0.3, 0.4) is 0 Å². The van der Waals surface area contributed by atoms with E-state index in [1.165, 1.54) is 6.07 Å². The fourth-order valence-corrected chi connectivity index (χ4v) is 3.26. The van der Waals surface area contributed by atoms with Crippen molar-refractivity contribution in [2.24, 2.45) is 11.8 Å². The van der Waals surface area contributed by atoms with Crippen LogP contribution < -0.4 is 5.32 Å². The van der Waals surface area contributed by atoms with Gasteiger partial charge in [-0.25, -0.2) is 4.39 Å². The number of halogens is 1. The zero-order valence-corrected chi connectivity index (χ0v) is 12.2. The van der Waals surface area contributed by atoms with E-state index in [1.807, 2.05) is 6.07 Å².